The highest BCUT2D eigenvalue weighted by atomic mass is 28.3. The summed E-state index contributed by atoms with van der Waals surface area (Å²) in [5.74, 6) is 1.16. The first kappa shape index (κ1) is 39.1. The quantitative estimate of drug-likeness (QED) is 0.170. The van der Waals surface area contributed by atoms with Crippen molar-refractivity contribution in [3.8, 4) is 0 Å². The minimum Gasteiger partial charge on any atom is -0.444 e. The Balaban J connectivity index is 1.06. The topological polar surface area (TPSA) is 136 Å². The predicted octanol–water partition coefficient (Wildman–Crippen LogP) is 5.92. The molecule has 13 nitrogen and oxygen atoms in total. The van der Waals surface area contributed by atoms with Gasteiger partial charge in [0.05, 0.1) is 18.6 Å². The predicted molar refractivity (Wildman–Crippen MR) is 209 cm³/mol. The molecule has 1 atom stereocenters. The van der Waals surface area contributed by atoms with Gasteiger partial charge in [-0.05, 0) is 102 Å². The SMILES string of the molecule is CC(C)(C)OC(=O)N[C@@H]1CCCN(Cc2ccnc(C(=O)NC3CCC(c4cc5c(N6CCOCC6)ncnc5n4COCC[Si](C)(C)C)CC3)c2)C1. The number of alkyl carbamates (subject to hydrolysis) is 1. The van der Waals surface area contributed by atoms with Crippen LogP contribution < -0.4 is 15.5 Å². The highest BCUT2D eigenvalue weighted by molar-refractivity contribution is 6.76. The van der Waals surface area contributed by atoms with Gasteiger partial charge >= 0.3 is 6.09 Å². The van der Waals surface area contributed by atoms with Crippen LogP contribution in [0, 0.1) is 0 Å². The highest BCUT2D eigenvalue weighted by Gasteiger charge is 2.30. The van der Waals surface area contributed by atoms with Crippen molar-refractivity contribution in [2.45, 2.75) is 122 Å². The van der Waals surface area contributed by atoms with E-state index >= 15 is 0 Å². The number of likely N-dealkylation sites (tertiary alicyclic amines) is 1. The summed E-state index contributed by atoms with van der Waals surface area (Å²) < 4.78 is 19.7. The van der Waals surface area contributed by atoms with Crippen LogP contribution in [-0.4, -0.2) is 108 Å². The van der Waals surface area contributed by atoms with Crippen molar-refractivity contribution >= 4 is 36.9 Å². The fourth-order valence-electron chi connectivity index (χ4n) is 7.64. The summed E-state index contributed by atoms with van der Waals surface area (Å²) in [4.78, 5) is 44.4. The Bertz CT molecular complexity index is 1690. The number of hydrogen-bond acceptors (Lipinski definition) is 10. The van der Waals surface area contributed by atoms with Gasteiger partial charge in [-0.1, -0.05) is 19.6 Å². The molecular formula is C39H60N8O5Si. The van der Waals surface area contributed by atoms with Gasteiger partial charge in [0.2, 0.25) is 0 Å². The van der Waals surface area contributed by atoms with E-state index in [4.69, 9.17) is 24.2 Å². The highest BCUT2D eigenvalue weighted by Crippen LogP contribution is 2.38. The summed E-state index contributed by atoms with van der Waals surface area (Å²) in [5, 5.41) is 7.38. The summed E-state index contributed by atoms with van der Waals surface area (Å²) in [6, 6.07) is 7.39. The molecule has 1 saturated carbocycles. The number of amides is 2. The monoisotopic (exact) mass is 748 g/mol. The minimum absolute atomic E-state index is 0.0295. The molecule has 0 spiro atoms. The van der Waals surface area contributed by atoms with Gasteiger partial charge in [-0.3, -0.25) is 14.7 Å². The molecule has 0 unspecified atom stereocenters. The van der Waals surface area contributed by atoms with E-state index in [0.29, 0.717) is 38.1 Å². The number of aromatic nitrogens is 4. The maximum Gasteiger partial charge on any atom is 0.407 e. The number of fused-ring (bicyclic) bond motifs is 1. The molecule has 2 N–H and O–H groups in total. The van der Waals surface area contributed by atoms with Crippen LogP contribution in [0.3, 0.4) is 0 Å². The van der Waals surface area contributed by atoms with Crippen LogP contribution in [0.15, 0.2) is 30.7 Å². The summed E-state index contributed by atoms with van der Waals surface area (Å²) in [6.07, 6.45) is 8.60. The van der Waals surface area contributed by atoms with E-state index < -0.39 is 13.7 Å². The van der Waals surface area contributed by atoms with Crippen LogP contribution in [0.2, 0.25) is 25.7 Å². The number of nitrogens with one attached hydrogen (secondary N) is 2. The molecule has 1 aliphatic carbocycles. The lowest BCUT2D eigenvalue weighted by atomic mass is 9.84. The van der Waals surface area contributed by atoms with E-state index in [1.54, 1.807) is 12.5 Å². The van der Waals surface area contributed by atoms with Gasteiger partial charge in [0.1, 0.15) is 35.8 Å². The Morgan fingerprint density at radius 1 is 0.962 bits per heavy atom. The summed E-state index contributed by atoms with van der Waals surface area (Å²) in [7, 11) is -1.22. The smallest absolute Gasteiger partial charge is 0.407 e. The average Bonchev–Trinajstić information content (AvgIpc) is 3.48. The van der Waals surface area contributed by atoms with Crippen molar-refractivity contribution in [1.82, 2.24) is 35.1 Å². The number of piperidine rings is 1. The zero-order valence-corrected chi connectivity index (χ0v) is 33.7. The lowest BCUT2D eigenvalue weighted by Crippen LogP contribution is -2.48. The molecule has 2 saturated heterocycles. The Hall–Kier alpha value is -3.59. The third-order valence-corrected chi connectivity index (χ3v) is 12.1. The fourth-order valence-corrected chi connectivity index (χ4v) is 8.40. The summed E-state index contributed by atoms with van der Waals surface area (Å²) in [6.45, 7) is 19.3. The van der Waals surface area contributed by atoms with Crippen molar-refractivity contribution in [2.24, 2.45) is 0 Å². The van der Waals surface area contributed by atoms with Gasteiger partial charge in [0.15, 0.2) is 0 Å². The van der Waals surface area contributed by atoms with Crippen LogP contribution in [0.4, 0.5) is 10.6 Å². The second-order valence-corrected chi connectivity index (χ2v) is 22.8. The van der Waals surface area contributed by atoms with Crippen molar-refractivity contribution in [1.29, 1.82) is 0 Å². The third-order valence-electron chi connectivity index (χ3n) is 10.4. The van der Waals surface area contributed by atoms with Crippen molar-refractivity contribution in [2.75, 3.05) is 50.9 Å². The van der Waals surface area contributed by atoms with Crippen LogP contribution in [0.1, 0.15) is 87.0 Å². The molecular weight excluding hydrogens is 689 g/mol. The fraction of sp³-hybridized carbons (Fsp3) is 0.667. The van der Waals surface area contributed by atoms with E-state index in [-0.39, 0.29) is 24.1 Å². The van der Waals surface area contributed by atoms with E-state index in [9.17, 15) is 9.59 Å². The van der Waals surface area contributed by atoms with Crippen LogP contribution in [0.5, 0.6) is 0 Å². The summed E-state index contributed by atoms with van der Waals surface area (Å²) >= 11 is 0. The van der Waals surface area contributed by atoms with Crippen LogP contribution in [-0.2, 0) is 27.5 Å². The maximum absolute atomic E-state index is 13.5. The molecule has 2 aliphatic heterocycles. The number of pyridine rings is 1. The number of morpholine rings is 1. The lowest BCUT2D eigenvalue weighted by molar-refractivity contribution is 0.0470. The second kappa shape index (κ2) is 17.3. The zero-order chi connectivity index (χ0) is 37.6. The first-order valence-corrected chi connectivity index (χ1v) is 23.2. The van der Waals surface area contributed by atoms with Crippen molar-refractivity contribution in [3.63, 3.8) is 0 Å². The zero-order valence-electron chi connectivity index (χ0n) is 32.7. The molecule has 0 bridgehead atoms. The Labute approximate surface area is 315 Å². The molecule has 3 aromatic heterocycles. The number of hydrogen-bond donors (Lipinski definition) is 2. The number of ether oxygens (including phenoxy) is 3. The van der Waals surface area contributed by atoms with Gasteiger partial charge < -0.3 is 34.3 Å². The summed E-state index contributed by atoms with van der Waals surface area (Å²) in [5.41, 5.74) is 3.10. The van der Waals surface area contributed by atoms with Crippen LogP contribution >= 0.6 is 0 Å². The van der Waals surface area contributed by atoms with Crippen molar-refractivity contribution in [3.05, 3.63) is 47.7 Å². The molecule has 6 rings (SSSR count). The Morgan fingerprint density at radius 2 is 1.74 bits per heavy atom. The van der Waals surface area contributed by atoms with E-state index in [2.05, 4.69) is 55.7 Å². The number of anilines is 1. The molecule has 290 valence electrons. The molecule has 53 heavy (non-hydrogen) atoms. The molecule has 0 aromatic carbocycles. The average molecular weight is 749 g/mol. The molecule has 3 aliphatic rings. The second-order valence-electron chi connectivity index (χ2n) is 17.2. The number of nitrogens with zero attached hydrogens (tertiary/aromatic N) is 6. The Morgan fingerprint density at radius 3 is 2.47 bits per heavy atom. The molecule has 3 aromatic rings. The first-order chi connectivity index (χ1) is 25.3. The third kappa shape index (κ3) is 11.0. The van der Waals surface area contributed by atoms with E-state index in [1.165, 1.54) is 5.69 Å². The molecule has 14 heteroatoms. The number of rotatable bonds is 12. The molecule has 5 heterocycles. The Kier molecular flexibility index (Phi) is 12.7. The van der Waals surface area contributed by atoms with Crippen molar-refractivity contribution < 1.29 is 23.8 Å². The van der Waals surface area contributed by atoms with Gasteiger partial charge in [-0.25, -0.2) is 14.8 Å². The van der Waals surface area contributed by atoms with Gasteiger partial charge in [-0.2, -0.15) is 0 Å². The van der Waals surface area contributed by atoms with Crippen LogP contribution in [0.25, 0.3) is 11.0 Å². The molecule has 0 radical (unpaired) electrons. The van der Waals surface area contributed by atoms with E-state index in [1.807, 2.05) is 32.9 Å². The maximum atomic E-state index is 13.5. The minimum atomic E-state index is -1.22. The molecule has 3 fully saturated rings. The molecule has 2 amide bonds. The van der Waals surface area contributed by atoms with Gasteiger partial charge in [-0.15, -0.1) is 0 Å². The number of carbonyl (C=O) groups is 2. The van der Waals surface area contributed by atoms with Gasteiger partial charge in [0, 0.05) is 64.8 Å². The normalized spacial score (nSPS) is 21.8. The van der Waals surface area contributed by atoms with Gasteiger partial charge in [0.25, 0.3) is 5.91 Å². The number of carbonyl (C=O) groups excluding carboxylic acids is 2. The largest absolute Gasteiger partial charge is 0.444 e. The standard InChI is InChI=1S/C39H60N8O5Si/c1-39(2,3)52-38(49)44-31-8-7-15-45(25-31)24-28-13-14-40-33(22-28)37(48)43-30-11-9-29(10-12-30)34-23-32-35(46-16-18-50-19-17-46)41-26-42-36(32)47(34)27-51-20-21-53(4,5)6/h13-14,22-23,26,29-31H,7-12,15-21,24-25,27H2,1-6H3,(H,43,48)(H,44,49)/t29?,30?,31-/m1/s1. The van der Waals surface area contributed by atoms with E-state index in [0.717, 1.165) is 99.8 Å². The lowest BCUT2D eigenvalue weighted by Gasteiger charge is -2.33. The first-order valence-electron chi connectivity index (χ1n) is 19.5.